The van der Waals surface area contributed by atoms with Gasteiger partial charge in [-0.25, -0.2) is 0 Å². The van der Waals surface area contributed by atoms with Gasteiger partial charge in [-0.1, -0.05) is 36.4 Å². The van der Waals surface area contributed by atoms with E-state index in [4.69, 9.17) is 5.73 Å². The van der Waals surface area contributed by atoms with Gasteiger partial charge in [0.05, 0.1) is 0 Å². The van der Waals surface area contributed by atoms with Crippen LogP contribution in [0.15, 0.2) is 4.34 Å². The third kappa shape index (κ3) is 4.91. The fourth-order valence-electron chi connectivity index (χ4n) is 2.17. The number of hydrogen-bond acceptors (Lipinski definition) is 6. The molecule has 1 aromatic heterocycles. The van der Waals surface area contributed by atoms with Crippen molar-refractivity contribution in [2.45, 2.75) is 43.0 Å². The normalized spacial score (nSPS) is 22.0. The molecule has 1 heterocycles. The Kier molecular flexibility index (Phi) is 7.06. The van der Waals surface area contributed by atoms with Crippen molar-refractivity contribution in [2.24, 2.45) is 11.7 Å². The lowest BCUT2D eigenvalue weighted by Gasteiger charge is -2.13. The second kappa shape index (κ2) is 8.04. The first kappa shape index (κ1) is 16.7. The van der Waals surface area contributed by atoms with Gasteiger partial charge in [-0.2, -0.15) is 0 Å². The number of anilines is 1. The van der Waals surface area contributed by atoms with Gasteiger partial charge in [0.25, 0.3) is 0 Å². The van der Waals surface area contributed by atoms with E-state index in [0.717, 1.165) is 29.4 Å². The van der Waals surface area contributed by atoms with Gasteiger partial charge in [-0.15, -0.1) is 22.6 Å². The van der Waals surface area contributed by atoms with Crippen LogP contribution in [-0.4, -0.2) is 27.9 Å². The van der Waals surface area contributed by atoms with Gasteiger partial charge in [0, 0.05) is 12.5 Å². The lowest BCUT2D eigenvalue weighted by molar-refractivity contribution is -0.117. The predicted octanol–water partition coefficient (Wildman–Crippen LogP) is 2.53. The smallest absolute Gasteiger partial charge is 0.226 e. The highest BCUT2D eigenvalue weighted by atomic mass is 35.5. The predicted molar refractivity (Wildman–Crippen MR) is 82.1 cm³/mol. The van der Waals surface area contributed by atoms with Crippen molar-refractivity contribution in [3.05, 3.63) is 0 Å². The number of aromatic nitrogens is 2. The summed E-state index contributed by atoms with van der Waals surface area (Å²) in [6, 6.07) is 0.177. The molecule has 0 bridgehead atoms. The zero-order chi connectivity index (χ0) is 13.0. The van der Waals surface area contributed by atoms with E-state index in [9.17, 15) is 4.79 Å². The number of amides is 1. The molecule has 8 heteroatoms. The molecule has 3 N–H and O–H groups in total. The fraction of sp³-hybridized carbons (Fsp3) is 0.727. The molecule has 1 aliphatic rings. The van der Waals surface area contributed by atoms with Crippen LogP contribution in [-0.2, 0) is 4.79 Å². The molecule has 0 aromatic carbocycles. The topological polar surface area (TPSA) is 80.9 Å². The van der Waals surface area contributed by atoms with Gasteiger partial charge in [0.1, 0.15) is 0 Å². The minimum absolute atomic E-state index is 0. The molecule has 1 amide bonds. The molecule has 0 unspecified atom stereocenters. The Morgan fingerprint density at radius 1 is 1.53 bits per heavy atom. The quantitative estimate of drug-likeness (QED) is 0.643. The lowest BCUT2D eigenvalue weighted by Crippen LogP contribution is -2.28. The van der Waals surface area contributed by atoms with Crippen LogP contribution in [0.4, 0.5) is 5.13 Å². The number of rotatable bonds is 5. The van der Waals surface area contributed by atoms with Crippen molar-refractivity contribution in [2.75, 3.05) is 11.1 Å². The van der Waals surface area contributed by atoms with Gasteiger partial charge < -0.3 is 11.1 Å². The monoisotopic (exact) mass is 322 g/mol. The number of nitrogens with one attached hydrogen (secondary N) is 1. The van der Waals surface area contributed by atoms with E-state index in [1.807, 2.05) is 0 Å². The standard InChI is InChI=1S/C11H18N4OS2.ClH/c1-2-17-11-15-14-10(18-11)13-9(16)6-7-4-3-5-8(7)12;/h7-8H,2-6,12H2,1H3,(H,13,14,16);1H/t7-,8+;/m0./s1. The van der Waals surface area contributed by atoms with E-state index < -0.39 is 0 Å². The van der Waals surface area contributed by atoms with E-state index in [-0.39, 0.29) is 24.4 Å². The Morgan fingerprint density at radius 2 is 2.32 bits per heavy atom. The largest absolute Gasteiger partial charge is 0.327 e. The van der Waals surface area contributed by atoms with Gasteiger partial charge in [-0.3, -0.25) is 4.79 Å². The molecule has 0 spiro atoms. The van der Waals surface area contributed by atoms with Crippen LogP contribution >= 0.6 is 35.5 Å². The Bertz CT molecular complexity index is 415. The maximum atomic E-state index is 11.8. The first-order valence-electron chi connectivity index (χ1n) is 6.20. The molecule has 19 heavy (non-hydrogen) atoms. The number of thioether (sulfide) groups is 1. The minimum Gasteiger partial charge on any atom is -0.327 e. The van der Waals surface area contributed by atoms with Gasteiger partial charge >= 0.3 is 0 Å². The van der Waals surface area contributed by atoms with E-state index >= 15 is 0 Å². The number of hydrogen-bond donors (Lipinski definition) is 2. The summed E-state index contributed by atoms with van der Waals surface area (Å²) in [5.74, 6) is 1.28. The van der Waals surface area contributed by atoms with Crippen molar-refractivity contribution < 1.29 is 4.79 Å². The molecule has 0 radical (unpaired) electrons. The van der Waals surface area contributed by atoms with E-state index in [1.165, 1.54) is 11.3 Å². The van der Waals surface area contributed by atoms with E-state index in [0.29, 0.717) is 17.5 Å². The van der Waals surface area contributed by atoms with Crippen LogP contribution in [0, 0.1) is 5.92 Å². The second-order valence-corrected chi connectivity index (χ2v) is 6.90. The second-order valence-electron chi connectivity index (χ2n) is 4.41. The Hall–Kier alpha value is -0.370. The highest BCUT2D eigenvalue weighted by Crippen LogP contribution is 2.28. The summed E-state index contributed by atoms with van der Waals surface area (Å²) in [4.78, 5) is 11.8. The summed E-state index contributed by atoms with van der Waals surface area (Å²) in [5, 5.41) is 11.3. The number of nitrogens with two attached hydrogens (primary N) is 1. The summed E-state index contributed by atoms with van der Waals surface area (Å²) >= 11 is 3.05. The first-order chi connectivity index (χ1) is 8.69. The maximum absolute atomic E-state index is 11.8. The lowest BCUT2D eigenvalue weighted by atomic mass is 10.00. The van der Waals surface area contributed by atoms with Crippen molar-refractivity contribution in [3.63, 3.8) is 0 Å². The molecule has 108 valence electrons. The molecule has 1 fully saturated rings. The van der Waals surface area contributed by atoms with Gasteiger partial charge in [-0.05, 0) is 24.5 Å². The molecule has 5 nitrogen and oxygen atoms in total. The highest BCUT2D eigenvalue weighted by molar-refractivity contribution is 8.01. The maximum Gasteiger partial charge on any atom is 0.226 e. The number of halogens is 1. The van der Waals surface area contributed by atoms with Crippen molar-refractivity contribution in [1.29, 1.82) is 0 Å². The summed E-state index contributed by atoms with van der Waals surface area (Å²) in [6.45, 7) is 2.06. The SMILES string of the molecule is CCSc1nnc(NC(=O)C[C@@H]2CCC[C@H]2N)s1.Cl. The van der Waals surface area contributed by atoms with Gasteiger partial charge in [0.15, 0.2) is 4.34 Å². The molecule has 1 saturated carbocycles. The van der Waals surface area contributed by atoms with Crippen LogP contribution < -0.4 is 11.1 Å². The molecule has 0 saturated heterocycles. The molecule has 2 atom stereocenters. The third-order valence-corrected chi connectivity index (χ3v) is 4.94. The van der Waals surface area contributed by atoms with Crippen LogP contribution in [0.5, 0.6) is 0 Å². The zero-order valence-electron chi connectivity index (χ0n) is 10.8. The van der Waals surface area contributed by atoms with Crippen LogP contribution in [0.2, 0.25) is 0 Å². The highest BCUT2D eigenvalue weighted by Gasteiger charge is 2.26. The molecule has 1 aromatic rings. The third-order valence-electron chi connectivity index (χ3n) is 3.09. The van der Waals surface area contributed by atoms with E-state index in [2.05, 4.69) is 22.4 Å². The summed E-state index contributed by atoms with van der Waals surface area (Å²) < 4.78 is 0.894. The van der Waals surface area contributed by atoms with Crippen LogP contribution in [0.3, 0.4) is 0 Å². The zero-order valence-corrected chi connectivity index (χ0v) is 13.2. The number of carbonyl (C=O) groups is 1. The minimum atomic E-state index is 0. The number of nitrogens with zero attached hydrogens (tertiary/aromatic N) is 2. The Labute approximate surface area is 127 Å². The van der Waals surface area contributed by atoms with Crippen molar-refractivity contribution in [1.82, 2.24) is 10.2 Å². The molecule has 1 aliphatic carbocycles. The summed E-state index contributed by atoms with van der Waals surface area (Å²) in [7, 11) is 0. The van der Waals surface area contributed by atoms with Crippen molar-refractivity contribution in [3.8, 4) is 0 Å². The average molecular weight is 323 g/mol. The Morgan fingerprint density at radius 3 is 2.95 bits per heavy atom. The molecular formula is C11H19ClN4OS2. The molecule has 0 aliphatic heterocycles. The fourth-order valence-corrected chi connectivity index (χ4v) is 3.83. The molecule has 2 rings (SSSR count). The Balaban J connectivity index is 0.00000180. The van der Waals surface area contributed by atoms with Crippen LogP contribution in [0.1, 0.15) is 32.6 Å². The number of carbonyl (C=O) groups excluding carboxylic acids is 1. The summed E-state index contributed by atoms with van der Waals surface area (Å²) in [5.41, 5.74) is 5.96. The first-order valence-corrected chi connectivity index (χ1v) is 8.01. The average Bonchev–Trinajstić information content (AvgIpc) is 2.90. The van der Waals surface area contributed by atoms with Crippen molar-refractivity contribution >= 4 is 46.5 Å². The van der Waals surface area contributed by atoms with E-state index in [1.54, 1.807) is 11.8 Å². The van der Waals surface area contributed by atoms with Gasteiger partial charge in [0.2, 0.25) is 11.0 Å². The van der Waals surface area contributed by atoms with Crippen LogP contribution in [0.25, 0.3) is 0 Å². The molecular weight excluding hydrogens is 304 g/mol. The summed E-state index contributed by atoms with van der Waals surface area (Å²) in [6.07, 6.45) is 3.72.